The van der Waals surface area contributed by atoms with Crippen molar-refractivity contribution < 1.29 is 14.3 Å². The number of carbonyl (C=O) groups is 1. The minimum Gasteiger partial charge on any atom is -0.493 e. The summed E-state index contributed by atoms with van der Waals surface area (Å²) < 4.78 is 11.2. The van der Waals surface area contributed by atoms with E-state index in [4.69, 9.17) is 9.47 Å². The van der Waals surface area contributed by atoms with Gasteiger partial charge in [0.1, 0.15) is 0 Å². The summed E-state index contributed by atoms with van der Waals surface area (Å²) in [7, 11) is 1.65. The SMILES string of the molecule is COc1cccc2c1OC[C@@H](CNC(=O)CCc1scnc1C)C2. The lowest BCUT2D eigenvalue weighted by molar-refractivity contribution is -0.121. The van der Waals surface area contributed by atoms with Gasteiger partial charge in [0.2, 0.25) is 5.91 Å². The lowest BCUT2D eigenvalue weighted by atomic mass is 9.96. The van der Waals surface area contributed by atoms with Crippen LogP contribution in [0.25, 0.3) is 0 Å². The summed E-state index contributed by atoms with van der Waals surface area (Å²) in [6.07, 6.45) is 2.14. The fourth-order valence-corrected chi connectivity index (χ4v) is 3.67. The molecule has 0 fully saturated rings. The fourth-order valence-electron chi connectivity index (χ4n) is 2.89. The normalized spacial score (nSPS) is 16.2. The van der Waals surface area contributed by atoms with Crippen LogP contribution in [0.4, 0.5) is 0 Å². The number of amides is 1. The molecule has 1 aromatic heterocycles. The van der Waals surface area contributed by atoms with Crippen molar-refractivity contribution in [3.63, 3.8) is 0 Å². The zero-order chi connectivity index (χ0) is 16.9. The second kappa shape index (κ2) is 7.66. The van der Waals surface area contributed by atoms with Crippen LogP contribution in [0.15, 0.2) is 23.7 Å². The van der Waals surface area contributed by atoms with E-state index in [2.05, 4.69) is 16.4 Å². The van der Waals surface area contributed by atoms with E-state index in [0.29, 0.717) is 25.5 Å². The third-order valence-electron chi connectivity index (χ3n) is 4.26. The molecular weight excluding hydrogens is 324 g/mol. The second-order valence-corrected chi connectivity index (χ2v) is 6.93. The van der Waals surface area contributed by atoms with Gasteiger partial charge in [-0.3, -0.25) is 4.79 Å². The summed E-state index contributed by atoms with van der Waals surface area (Å²) in [6.45, 7) is 3.22. The van der Waals surface area contributed by atoms with Gasteiger partial charge in [0, 0.05) is 23.8 Å². The molecule has 24 heavy (non-hydrogen) atoms. The summed E-state index contributed by atoms with van der Waals surface area (Å²) in [4.78, 5) is 17.4. The topological polar surface area (TPSA) is 60.5 Å². The molecule has 2 heterocycles. The van der Waals surface area contributed by atoms with Gasteiger partial charge in [-0.15, -0.1) is 11.3 Å². The van der Waals surface area contributed by atoms with Crippen molar-refractivity contribution in [2.45, 2.75) is 26.2 Å². The Bertz CT molecular complexity index is 714. The highest BCUT2D eigenvalue weighted by Crippen LogP contribution is 2.35. The molecule has 0 radical (unpaired) electrons. The quantitative estimate of drug-likeness (QED) is 0.874. The molecule has 0 bridgehead atoms. The molecule has 1 aromatic carbocycles. The van der Waals surface area contributed by atoms with Crippen molar-refractivity contribution in [2.24, 2.45) is 5.92 Å². The standard InChI is InChI=1S/C18H22N2O3S/c1-12-16(24-11-20-12)6-7-17(21)19-9-13-8-14-4-3-5-15(22-2)18(14)23-10-13/h3-5,11,13H,6-10H2,1-2H3,(H,19,21)/t13-/m1/s1. The molecule has 1 amide bonds. The molecule has 0 aliphatic carbocycles. The Morgan fingerprint density at radius 3 is 3.12 bits per heavy atom. The smallest absolute Gasteiger partial charge is 0.220 e. The summed E-state index contributed by atoms with van der Waals surface area (Å²) >= 11 is 1.61. The first-order chi connectivity index (χ1) is 11.7. The summed E-state index contributed by atoms with van der Waals surface area (Å²) in [5, 5.41) is 3.03. The number of benzene rings is 1. The summed E-state index contributed by atoms with van der Waals surface area (Å²) in [5.41, 5.74) is 3.99. The fraction of sp³-hybridized carbons (Fsp3) is 0.444. The maximum Gasteiger partial charge on any atom is 0.220 e. The number of fused-ring (bicyclic) bond motifs is 1. The van der Waals surface area contributed by atoms with E-state index >= 15 is 0 Å². The lowest BCUT2D eigenvalue weighted by Gasteiger charge is -2.26. The van der Waals surface area contributed by atoms with Crippen molar-refractivity contribution in [1.29, 1.82) is 0 Å². The molecule has 2 aromatic rings. The predicted molar refractivity (Wildman–Crippen MR) is 93.9 cm³/mol. The van der Waals surface area contributed by atoms with Crippen LogP contribution in [-0.2, 0) is 17.6 Å². The number of methoxy groups -OCH3 is 1. The Morgan fingerprint density at radius 1 is 1.50 bits per heavy atom. The van der Waals surface area contributed by atoms with Gasteiger partial charge in [0.05, 0.1) is 24.9 Å². The number of nitrogens with zero attached hydrogens (tertiary/aromatic N) is 1. The zero-order valence-electron chi connectivity index (χ0n) is 14.0. The van der Waals surface area contributed by atoms with Gasteiger partial charge in [-0.1, -0.05) is 12.1 Å². The molecule has 1 aliphatic rings. The number of nitrogens with one attached hydrogen (secondary N) is 1. The highest BCUT2D eigenvalue weighted by atomic mass is 32.1. The number of aromatic nitrogens is 1. The van der Waals surface area contributed by atoms with Crippen LogP contribution in [0.1, 0.15) is 22.6 Å². The highest BCUT2D eigenvalue weighted by Gasteiger charge is 2.23. The largest absolute Gasteiger partial charge is 0.493 e. The monoisotopic (exact) mass is 346 g/mol. The minimum absolute atomic E-state index is 0.0826. The van der Waals surface area contributed by atoms with Crippen molar-refractivity contribution in [3.05, 3.63) is 39.8 Å². The molecule has 1 atom stereocenters. The van der Waals surface area contributed by atoms with E-state index in [0.717, 1.165) is 35.6 Å². The number of hydrogen-bond acceptors (Lipinski definition) is 5. The van der Waals surface area contributed by atoms with Crippen molar-refractivity contribution in [3.8, 4) is 11.5 Å². The first kappa shape index (κ1) is 16.8. The van der Waals surface area contributed by atoms with Gasteiger partial charge in [-0.05, 0) is 31.4 Å². The zero-order valence-corrected chi connectivity index (χ0v) is 14.8. The minimum atomic E-state index is 0.0826. The molecule has 128 valence electrons. The molecule has 0 saturated carbocycles. The van der Waals surface area contributed by atoms with E-state index in [1.807, 2.05) is 24.6 Å². The Kier molecular flexibility index (Phi) is 5.35. The van der Waals surface area contributed by atoms with Gasteiger partial charge >= 0.3 is 0 Å². The Balaban J connectivity index is 1.47. The number of thiazole rings is 1. The molecule has 0 spiro atoms. The van der Waals surface area contributed by atoms with Crippen molar-refractivity contribution in [2.75, 3.05) is 20.3 Å². The molecule has 1 aliphatic heterocycles. The van der Waals surface area contributed by atoms with Gasteiger partial charge in [0.15, 0.2) is 11.5 Å². The Labute approximate surface area is 146 Å². The van der Waals surface area contributed by atoms with Crippen LogP contribution >= 0.6 is 11.3 Å². The number of ether oxygens (including phenoxy) is 2. The van der Waals surface area contributed by atoms with Crippen LogP contribution in [0, 0.1) is 12.8 Å². The van der Waals surface area contributed by atoms with Crippen LogP contribution in [-0.4, -0.2) is 31.2 Å². The number of hydrogen-bond donors (Lipinski definition) is 1. The first-order valence-electron chi connectivity index (χ1n) is 8.11. The molecule has 0 saturated heterocycles. The van der Waals surface area contributed by atoms with E-state index < -0.39 is 0 Å². The average Bonchev–Trinajstić information content (AvgIpc) is 3.02. The van der Waals surface area contributed by atoms with Crippen LogP contribution in [0.2, 0.25) is 0 Å². The van der Waals surface area contributed by atoms with Gasteiger partial charge < -0.3 is 14.8 Å². The van der Waals surface area contributed by atoms with E-state index in [9.17, 15) is 4.79 Å². The van der Waals surface area contributed by atoms with E-state index in [1.54, 1.807) is 18.4 Å². The molecule has 0 unspecified atom stereocenters. The molecule has 6 heteroatoms. The Hall–Kier alpha value is -2.08. The van der Waals surface area contributed by atoms with Crippen LogP contribution in [0.3, 0.4) is 0 Å². The third kappa shape index (κ3) is 3.87. The predicted octanol–water partition coefficient (Wildman–Crippen LogP) is 2.76. The Morgan fingerprint density at radius 2 is 2.38 bits per heavy atom. The average molecular weight is 346 g/mol. The molecule has 3 rings (SSSR count). The maximum atomic E-state index is 12.1. The highest BCUT2D eigenvalue weighted by molar-refractivity contribution is 7.09. The number of aryl methyl sites for hydroxylation is 2. The first-order valence-corrected chi connectivity index (χ1v) is 8.99. The molecule has 5 nitrogen and oxygen atoms in total. The lowest BCUT2D eigenvalue weighted by Crippen LogP contribution is -2.35. The van der Waals surface area contributed by atoms with Crippen LogP contribution < -0.4 is 14.8 Å². The van der Waals surface area contributed by atoms with Gasteiger partial charge in [-0.25, -0.2) is 4.98 Å². The van der Waals surface area contributed by atoms with Crippen LogP contribution in [0.5, 0.6) is 11.5 Å². The maximum absolute atomic E-state index is 12.1. The summed E-state index contributed by atoms with van der Waals surface area (Å²) in [6, 6.07) is 5.93. The van der Waals surface area contributed by atoms with E-state index in [1.165, 1.54) is 4.88 Å². The van der Waals surface area contributed by atoms with E-state index in [-0.39, 0.29) is 5.91 Å². The molecule has 1 N–H and O–H groups in total. The molecular formula is C18H22N2O3S. The third-order valence-corrected chi connectivity index (χ3v) is 5.26. The van der Waals surface area contributed by atoms with Gasteiger partial charge in [0.25, 0.3) is 0 Å². The van der Waals surface area contributed by atoms with Crippen molar-refractivity contribution in [1.82, 2.24) is 10.3 Å². The number of rotatable bonds is 6. The van der Waals surface area contributed by atoms with Gasteiger partial charge in [-0.2, -0.15) is 0 Å². The number of carbonyl (C=O) groups excluding carboxylic acids is 1. The number of para-hydroxylation sites is 1. The summed E-state index contributed by atoms with van der Waals surface area (Å²) in [5.74, 6) is 1.98. The second-order valence-electron chi connectivity index (χ2n) is 5.99. The van der Waals surface area contributed by atoms with Crippen molar-refractivity contribution >= 4 is 17.2 Å².